The molecule has 0 aliphatic heterocycles. The summed E-state index contributed by atoms with van der Waals surface area (Å²) in [5, 5.41) is 20.6. The third-order valence-corrected chi connectivity index (χ3v) is 4.71. The normalized spacial score (nSPS) is 11.3. The molecule has 0 bridgehead atoms. The van der Waals surface area contributed by atoms with E-state index in [1.54, 1.807) is 49.4 Å². The van der Waals surface area contributed by atoms with Crippen molar-refractivity contribution in [2.24, 2.45) is 11.7 Å². The number of furan rings is 1. The molecule has 2 aromatic carbocycles. The molecule has 0 aliphatic rings. The summed E-state index contributed by atoms with van der Waals surface area (Å²) in [5.74, 6) is -1.57. The van der Waals surface area contributed by atoms with Gasteiger partial charge in [0.25, 0.3) is 0 Å². The maximum atomic E-state index is 12.4. The summed E-state index contributed by atoms with van der Waals surface area (Å²) < 4.78 is 10.8. The monoisotopic (exact) mass is 473 g/mol. The predicted octanol–water partition coefficient (Wildman–Crippen LogP) is 3.47. The lowest BCUT2D eigenvalue weighted by Gasteiger charge is -2.08. The zero-order chi connectivity index (χ0) is 23.3. The van der Waals surface area contributed by atoms with Crippen molar-refractivity contribution < 1.29 is 28.6 Å². The number of carbonyl (C=O) groups is 3. The largest absolute Gasteiger partial charge is 0.481 e. The van der Waals surface area contributed by atoms with Crippen LogP contribution in [0.15, 0.2) is 52.9 Å². The third-order valence-electron chi connectivity index (χ3n) is 4.71. The SMILES string of the molecule is CC(CC(=O)O)CC(=O)NCc1ccc(C(=O)Oc2ccc3cc(C(=N)N)ccc3c2)o1.Cl. The lowest BCUT2D eigenvalue weighted by Crippen LogP contribution is -2.25. The fourth-order valence-corrected chi connectivity index (χ4v) is 3.14. The first-order chi connectivity index (χ1) is 15.2. The highest BCUT2D eigenvalue weighted by molar-refractivity contribution is 5.99. The van der Waals surface area contributed by atoms with Crippen molar-refractivity contribution in [2.75, 3.05) is 0 Å². The van der Waals surface area contributed by atoms with Crippen LogP contribution in [-0.4, -0.2) is 28.8 Å². The number of hydrogen-bond donors (Lipinski definition) is 4. The highest BCUT2D eigenvalue weighted by Gasteiger charge is 2.16. The molecule has 0 radical (unpaired) electrons. The molecular weight excluding hydrogens is 450 g/mol. The van der Waals surface area contributed by atoms with Crippen LogP contribution in [0.5, 0.6) is 5.75 Å². The van der Waals surface area contributed by atoms with Gasteiger partial charge in [-0.15, -0.1) is 12.4 Å². The number of nitrogens with two attached hydrogens (primary N) is 1. The molecular formula is C23H24ClN3O6. The number of esters is 1. The van der Waals surface area contributed by atoms with Crippen molar-refractivity contribution in [1.82, 2.24) is 5.32 Å². The minimum Gasteiger partial charge on any atom is -0.481 e. The van der Waals surface area contributed by atoms with E-state index in [1.165, 1.54) is 6.07 Å². The van der Waals surface area contributed by atoms with E-state index in [0.717, 1.165) is 10.8 Å². The van der Waals surface area contributed by atoms with Crippen LogP contribution < -0.4 is 15.8 Å². The van der Waals surface area contributed by atoms with Crippen molar-refractivity contribution in [3.8, 4) is 5.75 Å². The Hall–Kier alpha value is -3.85. The lowest BCUT2D eigenvalue weighted by atomic mass is 10.0. The lowest BCUT2D eigenvalue weighted by molar-refractivity contribution is -0.138. The summed E-state index contributed by atoms with van der Waals surface area (Å²) in [4.78, 5) is 35.0. The molecule has 5 N–H and O–H groups in total. The second-order valence-corrected chi connectivity index (χ2v) is 7.48. The average molecular weight is 474 g/mol. The fourth-order valence-electron chi connectivity index (χ4n) is 3.14. The number of benzene rings is 2. The number of rotatable bonds is 9. The number of amides is 1. The maximum absolute atomic E-state index is 12.4. The van der Waals surface area contributed by atoms with E-state index in [0.29, 0.717) is 17.1 Å². The van der Waals surface area contributed by atoms with Gasteiger partial charge in [-0.2, -0.15) is 0 Å². The van der Waals surface area contributed by atoms with Crippen LogP contribution in [0.2, 0.25) is 0 Å². The van der Waals surface area contributed by atoms with Gasteiger partial charge in [0.2, 0.25) is 11.7 Å². The number of halogens is 1. The Kier molecular flexibility index (Phi) is 8.58. The topological polar surface area (TPSA) is 156 Å². The summed E-state index contributed by atoms with van der Waals surface area (Å²) in [7, 11) is 0. The Balaban J connectivity index is 0.00000385. The predicted molar refractivity (Wildman–Crippen MR) is 124 cm³/mol. The van der Waals surface area contributed by atoms with Crippen LogP contribution in [-0.2, 0) is 16.1 Å². The summed E-state index contributed by atoms with van der Waals surface area (Å²) in [6, 6.07) is 13.4. The number of aliphatic carboxylic acids is 1. The summed E-state index contributed by atoms with van der Waals surface area (Å²) in [6.07, 6.45) is -0.00535. The van der Waals surface area contributed by atoms with Crippen LogP contribution in [0, 0.1) is 11.3 Å². The molecule has 0 saturated heterocycles. The van der Waals surface area contributed by atoms with Gasteiger partial charge in [-0.05, 0) is 47.0 Å². The molecule has 10 heteroatoms. The molecule has 1 aromatic heterocycles. The standard InChI is InChI=1S/C23H23N3O6.ClH/c1-13(9-21(28)29)8-20(27)26-12-18-6-7-19(31-18)23(30)32-17-5-4-14-10-16(22(24)25)3-2-15(14)11-17;/h2-7,10-11,13H,8-9,12H2,1H3,(H3,24,25)(H,26,27)(H,28,29);1H. The Bertz CT molecular complexity index is 1190. The zero-order valence-corrected chi connectivity index (χ0v) is 18.6. The first-order valence-electron chi connectivity index (χ1n) is 9.89. The quantitative estimate of drug-likeness (QED) is 0.160. The molecule has 1 amide bonds. The van der Waals surface area contributed by atoms with E-state index in [2.05, 4.69) is 5.32 Å². The van der Waals surface area contributed by atoms with E-state index < -0.39 is 11.9 Å². The number of amidine groups is 1. The summed E-state index contributed by atoms with van der Waals surface area (Å²) in [6.45, 7) is 1.75. The Morgan fingerprint density at radius 1 is 1.09 bits per heavy atom. The number of nitrogens with one attached hydrogen (secondary N) is 2. The minimum absolute atomic E-state index is 0. The van der Waals surface area contributed by atoms with Gasteiger partial charge in [0.15, 0.2) is 0 Å². The number of nitrogen functional groups attached to an aromatic ring is 1. The summed E-state index contributed by atoms with van der Waals surface area (Å²) >= 11 is 0. The van der Waals surface area contributed by atoms with Crippen molar-refractivity contribution in [3.63, 3.8) is 0 Å². The van der Waals surface area contributed by atoms with Gasteiger partial charge in [0, 0.05) is 18.4 Å². The fraction of sp³-hybridized carbons (Fsp3) is 0.217. The van der Waals surface area contributed by atoms with Crippen LogP contribution in [0.1, 0.15) is 41.6 Å². The number of fused-ring (bicyclic) bond motifs is 1. The maximum Gasteiger partial charge on any atom is 0.379 e. The Labute approximate surface area is 195 Å². The van der Waals surface area contributed by atoms with E-state index in [9.17, 15) is 14.4 Å². The Morgan fingerprint density at radius 3 is 2.48 bits per heavy atom. The smallest absolute Gasteiger partial charge is 0.379 e. The molecule has 174 valence electrons. The molecule has 1 heterocycles. The second kappa shape index (κ2) is 11.1. The van der Waals surface area contributed by atoms with Gasteiger partial charge >= 0.3 is 11.9 Å². The molecule has 0 fully saturated rings. The Morgan fingerprint density at radius 2 is 1.79 bits per heavy atom. The van der Waals surface area contributed by atoms with Gasteiger partial charge in [-0.3, -0.25) is 15.0 Å². The molecule has 3 aromatic rings. The average Bonchev–Trinajstić information content (AvgIpc) is 3.20. The molecule has 9 nitrogen and oxygen atoms in total. The van der Waals surface area contributed by atoms with Crippen molar-refractivity contribution in [2.45, 2.75) is 26.3 Å². The molecule has 1 atom stereocenters. The highest BCUT2D eigenvalue weighted by atomic mass is 35.5. The second-order valence-electron chi connectivity index (χ2n) is 7.48. The number of carboxylic acids is 1. The van der Waals surface area contributed by atoms with E-state index in [4.69, 9.17) is 25.4 Å². The first-order valence-corrected chi connectivity index (χ1v) is 9.89. The van der Waals surface area contributed by atoms with E-state index >= 15 is 0 Å². The van der Waals surface area contributed by atoms with Crippen molar-refractivity contribution in [1.29, 1.82) is 5.41 Å². The van der Waals surface area contributed by atoms with Crippen LogP contribution in [0.3, 0.4) is 0 Å². The molecule has 33 heavy (non-hydrogen) atoms. The van der Waals surface area contributed by atoms with Gasteiger partial charge < -0.3 is 25.3 Å². The number of hydrogen-bond acceptors (Lipinski definition) is 6. The van der Waals surface area contributed by atoms with Crippen LogP contribution in [0.4, 0.5) is 0 Å². The van der Waals surface area contributed by atoms with E-state index in [-0.39, 0.29) is 55.2 Å². The van der Waals surface area contributed by atoms with Crippen molar-refractivity contribution in [3.05, 3.63) is 65.6 Å². The van der Waals surface area contributed by atoms with Crippen LogP contribution >= 0.6 is 12.4 Å². The highest BCUT2D eigenvalue weighted by Crippen LogP contribution is 2.23. The first kappa shape index (κ1) is 25.4. The molecule has 1 unspecified atom stereocenters. The molecule has 0 aliphatic carbocycles. The van der Waals surface area contributed by atoms with Gasteiger partial charge in [0.1, 0.15) is 17.3 Å². The molecule has 3 rings (SSSR count). The number of carbonyl (C=O) groups excluding carboxylic acids is 2. The molecule has 0 spiro atoms. The van der Waals surface area contributed by atoms with Gasteiger partial charge in [-0.25, -0.2) is 4.79 Å². The minimum atomic E-state index is -0.952. The van der Waals surface area contributed by atoms with Gasteiger partial charge in [0.05, 0.1) is 6.54 Å². The van der Waals surface area contributed by atoms with E-state index in [1.807, 2.05) is 0 Å². The zero-order valence-electron chi connectivity index (χ0n) is 17.8. The van der Waals surface area contributed by atoms with Crippen LogP contribution in [0.25, 0.3) is 10.8 Å². The number of ether oxygens (including phenoxy) is 1. The summed E-state index contributed by atoms with van der Waals surface area (Å²) in [5.41, 5.74) is 6.11. The third kappa shape index (κ3) is 7.08. The molecule has 0 saturated carbocycles. The van der Waals surface area contributed by atoms with Crippen molar-refractivity contribution >= 4 is 46.9 Å². The van der Waals surface area contributed by atoms with Gasteiger partial charge in [-0.1, -0.05) is 25.1 Å². The number of carboxylic acid groups (broad SMARTS) is 1.